The Morgan fingerprint density at radius 3 is 2.17 bits per heavy atom. The number of halogens is 1. The van der Waals surface area contributed by atoms with Crippen LogP contribution in [0.2, 0.25) is 0 Å². The Hall–Kier alpha value is -3.06. The Morgan fingerprint density at radius 1 is 0.862 bits per heavy atom. The number of benzene rings is 3. The molecule has 0 aliphatic carbocycles. The SMILES string of the molecule is COC(=O)c1cc2ccccc2c(-c2cc(Br)c(OC)c(OC)c2)c1C(=O)OC. The monoisotopic (exact) mass is 458 g/mol. The molecule has 0 amide bonds. The van der Waals surface area contributed by atoms with Gasteiger partial charge in [0.25, 0.3) is 0 Å². The zero-order valence-corrected chi connectivity index (χ0v) is 18.0. The van der Waals surface area contributed by atoms with Crippen molar-refractivity contribution in [1.29, 1.82) is 0 Å². The van der Waals surface area contributed by atoms with E-state index in [-0.39, 0.29) is 11.1 Å². The predicted molar refractivity (Wildman–Crippen MR) is 113 cm³/mol. The van der Waals surface area contributed by atoms with Gasteiger partial charge < -0.3 is 18.9 Å². The summed E-state index contributed by atoms with van der Waals surface area (Å²) in [6, 6.07) is 12.6. The minimum absolute atomic E-state index is 0.122. The molecule has 6 nitrogen and oxygen atoms in total. The Morgan fingerprint density at radius 2 is 1.55 bits per heavy atom. The van der Waals surface area contributed by atoms with Crippen LogP contribution in [0.5, 0.6) is 11.5 Å². The fraction of sp³-hybridized carbons (Fsp3) is 0.182. The van der Waals surface area contributed by atoms with Crippen LogP contribution < -0.4 is 9.47 Å². The highest BCUT2D eigenvalue weighted by atomic mass is 79.9. The van der Waals surface area contributed by atoms with Gasteiger partial charge in [-0.1, -0.05) is 24.3 Å². The van der Waals surface area contributed by atoms with Crippen molar-refractivity contribution in [2.75, 3.05) is 28.4 Å². The van der Waals surface area contributed by atoms with E-state index in [1.165, 1.54) is 28.4 Å². The van der Waals surface area contributed by atoms with E-state index in [1.54, 1.807) is 18.2 Å². The Labute approximate surface area is 176 Å². The number of carbonyl (C=O) groups is 2. The molecule has 0 heterocycles. The van der Waals surface area contributed by atoms with Crippen molar-refractivity contribution in [2.24, 2.45) is 0 Å². The molecular weight excluding hydrogens is 440 g/mol. The number of hydrogen-bond acceptors (Lipinski definition) is 6. The second-order valence-electron chi connectivity index (χ2n) is 6.07. The molecule has 3 aromatic rings. The normalized spacial score (nSPS) is 10.5. The molecule has 7 heteroatoms. The molecule has 0 unspecified atom stereocenters. The molecule has 0 aliphatic rings. The standard InChI is InChI=1S/C22H19BrO6/c1-26-17-11-13(10-16(23)20(17)27-2)18-14-8-6-5-7-12(14)9-15(21(24)28-3)19(18)22(25)29-4/h5-11H,1-4H3. The molecule has 0 aromatic heterocycles. The number of fused-ring (bicyclic) bond motifs is 1. The molecule has 3 rings (SSSR count). The lowest BCUT2D eigenvalue weighted by Crippen LogP contribution is -2.14. The second-order valence-corrected chi connectivity index (χ2v) is 6.93. The maximum absolute atomic E-state index is 12.8. The minimum atomic E-state index is -0.642. The third kappa shape index (κ3) is 3.65. The predicted octanol–water partition coefficient (Wildman–Crippen LogP) is 4.86. The van der Waals surface area contributed by atoms with Gasteiger partial charge in [0.15, 0.2) is 11.5 Å². The lowest BCUT2D eigenvalue weighted by atomic mass is 9.89. The van der Waals surface area contributed by atoms with Crippen LogP contribution in [-0.4, -0.2) is 40.4 Å². The number of esters is 2. The third-order valence-electron chi connectivity index (χ3n) is 4.57. The summed E-state index contributed by atoms with van der Waals surface area (Å²) in [6.07, 6.45) is 0. The van der Waals surface area contributed by atoms with E-state index >= 15 is 0 Å². The Bertz CT molecular complexity index is 1110. The van der Waals surface area contributed by atoms with E-state index in [9.17, 15) is 9.59 Å². The van der Waals surface area contributed by atoms with E-state index in [0.29, 0.717) is 27.1 Å². The number of carbonyl (C=O) groups excluding carboxylic acids is 2. The molecule has 3 aromatic carbocycles. The summed E-state index contributed by atoms with van der Waals surface area (Å²) in [6.45, 7) is 0. The van der Waals surface area contributed by atoms with Crippen molar-refractivity contribution in [3.8, 4) is 22.6 Å². The molecule has 0 atom stereocenters. The molecule has 0 aliphatic heterocycles. The molecule has 0 spiro atoms. The van der Waals surface area contributed by atoms with E-state index < -0.39 is 11.9 Å². The first-order valence-electron chi connectivity index (χ1n) is 8.61. The van der Waals surface area contributed by atoms with Crippen molar-refractivity contribution < 1.29 is 28.5 Å². The van der Waals surface area contributed by atoms with Gasteiger partial charge in [-0.25, -0.2) is 9.59 Å². The number of methoxy groups -OCH3 is 4. The quantitative estimate of drug-likeness (QED) is 0.508. The lowest BCUT2D eigenvalue weighted by molar-refractivity contribution is 0.0556. The van der Waals surface area contributed by atoms with Crippen LogP contribution in [0.3, 0.4) is 0 Å². The highest BCUT2D eigenvalue weighted by Gasteiger charge is 2.27. The van der Waals surface area contributed by atoms with Gasteiger partial charge in [0.1, 0.15) is 0 Å². The zero-order valence-electron chi connectivity index (χ0n) is 16.4. The Balaban J connectivity index is 2.50. The summed E-state index contributed by atoms with van der Waals surface area (Å²) >= 11 is 3.49. The summed E-state index contributed by atoms with van der Waals surface area (Å²) in [5.74, 6) is -0.279. The highest BCUT2D eigenvalue weighted by Crippen LogP contribution is 2.43. The van der Waals surface area contributed by atoms with Crippen molar-refractivity contribution in [3.05, 3.63) is 58.1 Å². The average molecular weight is 459 g/mol. The second kappa shape index (κ2) is 8.53. The zero-order chi connectivity index (χ0) is 21.1. The summed E-state index contributed by atoms with van der Waals surface area (Å²) in [7, 11) is 5.60. The molecule has 0 fully saturated rings. The molecule has 0 N–H and O–H groups in total. The van der Waals surface area contributed by atoms with E-state index in [4.69, 9.17) is 18.9 Å². The molecule has 0 saturated carbocycles. The molecule has 150 valence electrons. The van der Waals surface area contributed by atoms with Crippen molar-refractivity contribution in [1.82, 2.24) is 0 Å². The maximum Gasteiger partial charge on any atom is 0.339 e. The van der Waals surface area contributed by atoms with Gasteiger partial charge in [-0.15, -0.1) is 0 Å². The van der Waals surface area contributed by atoms with Crippen LogP contribution in [-0.2, 0) is 9.47 Å². The first-order chi connectivity index (χ1) is 14.0. The summed E-state index contributed by atoms with van der Waals surface area (Å²) in [5, 5.41) is 1.56. The average Bonchev–Trinajstić information content (AvgIpc) is 2.75. The van der Waals surface area contributed by atoms with Crippen molar-refractivity contribution in [2.45, 2.75) is 0 Å². The van der Waals surface area contributed by atoms with Gasteiger partial charge in [-0.2, -0.15) is 0 Å². The first kappa shape index (κ1) is 20.7. The molecule has 0 saturated heterocycles. The van der Waals surface area contributed by atoms with E-state index in [2.05, 4.69) is 15.9 Å². The van der Waals surface area contributed by atoms with Crippen LogP contribution in [0, 0.1) is 0 Å². The molecule has 0 bridgehead atoms. The van der Waals surface area contributed by atoms with Gasteiger partial charge in [0, 0.05) is 5.56 Å². The first-order valence-corrected chi connectivity index (χ1v) is 9.40. The van der Waals surface area contributed by atoms with Crippen LogP contribution in [0.4, 0.5) is 0 Å². The van der Waals surface area contributed by atoms with Gasteiger partial charge in [-0.3, -0.25) is 0 Å². The largest absolute Gasteiger partial charge is 0.493 e. The smallest absolute Gasteiger partial charge is 0.339 e. The van der Waals surface area contributed by atoms with Crippen LogP contribution in [0.25, 0.3) is 21.9 Å². The fourth-order valence-corrected chi connectivity index (χ4v) is 3.90. The highest BCUT2D eigenvalue weighted by molar-refractivity contribution is 9.10. The minimum Gasteiger partial charge on any atom is -0.493 e. The van der Waals surface area contributed by atoms with Crippen LogP contribution in [0.1, 0.15) is 20.7 Å². The molecular formula is C22H19BrO6. The topological polar surface area (TPSA) is 71.1 Å². The third-order valence-corrected chi connectivity index (χ3v) is 5.16. The van der Waals surface area contributed by atoms with Crippen molar-refractivity contribution >= 4 is 38.6 Å². The lowest BCUT2D eigenvalue weighted by Gasteiger charge is -2.18. The number of rotatable bonds is 5. The molecule has 29 heavy (non-hydrogen) atoms. The number of hydrogen-bond donors (Lipinski definition) is 0. The van der Waals surface area contributed by atoms with Gasteiger partial charge >= 0.3 is 11.9 Å². The number of ether oxygens (including phenoxy) is 4. The summed E-state index contributed by atoms with van der Waals surface area (Å²) in [4.78, 5) is 25.2. The molecule has 0 radical (unpaired) electrons. The summed E-state index contributed by atoms with van der Waals surface area (Å²) in [5.41, 5.74) is 1.44. The maximum atomic E-state index is 12.8. The van der Waals surface area contributed by atoms with E-state index in [0.717, 1.165) is 10.8 Å². The van der Waals surface area contributed by atoms with E-state index in [1.807, 2.05) is 24.3 Å². The fourth-order valence-electron chi connectivity index (χ4n) is 3.29. The van der Waals surface area contributed by atoms with Gasteiger partial charge in [-0.05, 0) is 50.5 Å². The van der Waals surface area contributed by atoms with Gasteiger partial charge in [0.05, 0.1) is 44.0 Å². The summed E-state index contributed by atoms with van der Waals surface area (Å²) < 4.78 is 21.4. The van der Waals surface area contributed by atoms with Crippen molar-refractivity contribution in [3.63, 3.8) is 0 Å². The van der Waals surface area contributed by atoms with Gasteiger partial charge in [0.2, 0.25) is 0 Å². The van der Waals surface area contributed by atoms with Crippen LogP contribution in [0.15, 0.2) is 46.9 Å². The Kier molecular flexibility index (Phi) is 6.08. The van der Waals surface area contributed by atoms with Crippen LogP contribution >= 0.6 is 15.9 Å².